The van der Waals surface area contributed by atoms with Crippen molar-refractivity contribution in [2.24, 2.45) is 5.73 Å². The molecule has 1 aromatic carbocycles. The number of hydrogen-bond acceptors (Lipinski definition) is 4. The smallest absolute Gasteiger partial charge is 0.243 e. The summed E-state index contributed by atoms with van der Waals surface area (Å²) in [4.78, 5) is 4.45. The zero-order valence-electron chi connectivity index (χ0n) is 11.2. The molecule has 2 aromatic rings. The van der Waals surface area contributed by atoms with Crippen molar-refractivity contribution in [2.75, 3.05) is 0 Å². The van der Waals surface area contributed by atoms with Crippen molar-refractivity contribution < 1.29 is 4.52 Å². The van der Waals surface area contributed by atoms with Gasteiger partial charge in [-0.25, -0.2) is 0 Å². The van der Waals surface area contributed by atoms with Crippen LogP contribution in [-0.2, 0) is 11.8 Å². The minimum atomic E-state index is -0.177. The average Bonchev–Trinajstić information content (AvgIpc) is 3.00. The largest absolute Gasteiger partial charge is 0.338 e. The first-order valence-corrected chi connectivity index (χ1v) is 6.81. The summed E-state index contributed by atoms with van der Waals surface area (Å²) in [6, 6.07) is 10.1. The highest BCUT2D eigenvalue weighted by Gasteiger charge is 2.43. The minimum Gasteiger partial charge on any atom is -0.338 e. The van der Waals surface area contributed by atoms with Gasteiger partial charge in [0.25, 0.3) is 0 Å². The highest BCUT2D eigenvalue weighted by atomic mass is 16.5. The molecule has 1 fully saturated rings. The third kappa shape index (κ3) is 2.68. The third-order valence-electron chi connectivity index (χ3n) is 3.89. The molecule has 0 amide bonds. The molecule has 0 saturated heterocycles. The molecular weight excluding hydrogens is 238 g/mol. The van der Waals surface area contributed by atoms with E-state index in [0.717, 1.165) is 31.5 Å². The van der Waals surface area contributed by atoms with Gasteiger partial charge in [-0.15, -0.1) is 0 Å². The summed E-state index contributed by atoms with van der Waals surface area (Å²) in [6.45, 7) is 2.16. The van der Waals surface area contributed by atoms with Gasteiger partial charge in [0.1, 0.15) is 0 Å². The van der Waals surface area contributed by atoms with Crippen molar-refractivity contribution in [3.63, 3.8) is 0 Å². The van der Waals surface area contributed by atoms with E-state index >= 15 is 0 Å². The Morgan fingerprint density at radius 1 is 1.32 bits per heavy atom. The van der Waals surface area contributed by atoms with Crippen LogP contribution in [0.25, 0.3) is 0 Å². The molecule has 100 valence electrons. The lowest BCUT2D eigenvalue weighted by Crippen LogP contribution is -2.12. The summed E-state index contributed by atoms with van der Waals surface area (Å²) in [5, 5.41) is 4.06. The summed E-state index contributed by atoms with van der Waals surface area (Å²) in [5.74, 6) is 1.39. The van der Waals surface area contributed by atoms with Crippen LogP contribution in [0.2, 0.25) is 0 Å². The van der Waals surface area contributed by atoms with Crippen LogP contribution in [0.15, 0.2) is 34.9 Å². The van der Waals surface area contributed by atoms with Gasteiger partial charge in [-0.2, -0.15) is 4.98 Å². The molecule has 4 heteroatoms. The van der Waals surface area contributed by atoms with E-state index in [-0.39, 0.29) is 11.5 Å². The van der Waals surface area contributed by atoms with E-state index in [9.17, 15) is 0 Å². The van der Waals surface area contributed by atoms with Crippen molar-refractivity contribution >= 4 is 0 Å². The van der Waals surface area contributed by atoms with Crippen LogP contribution in [0.4, 0.5) is 0 Å². The Balaban J connectivity index is 1.61. The first kappa shape index (κ1) is 12.4. The summed E-state index contributed by atoms with van der Waals surface area (Å²) in [6.07, 6.45) is 4.04. The number of nitrogens with two attached hydrogens (primary N) is 1. The van der Waals surface area contributed by atoms with Crippen LogP contribution >= 0.6 is 0 Å². The van der Waals surface area contributed by atoms with E-state index in [0.29, 0.717) is 5.89 Å². The number of aromatic nitrogens is 2. The molecule has 0 spiro atoms. The van der Waals surface area contributed by atoms with E-state index in [1.165, 1.54) is 5.56 Å². The molecule has 0 aliphatic heterocycles. The number of aryl methyl sites for hydroxylation is 1. The fraction of sp³-hybridized carbons (Fsp3) is 0.467. The highest BCUT2D eigenvalue weighted by Crippen LogP contribution is 2.46. The molecule has 0 unspecified atom stereocenters. The monoisotopic (exact) mass is 257 g/mol. The van der Waals surface area contributed by atoms with Gasteiger partial charge in [0.2, 0.25) is 5.89 Å². The van der Waals surface area contributed by atoms with Gasteiger partial charge < -0.3 is 10.3 Å². The van der Waals surface area contributed by atoms with Crippen LogP contribution in [0.1, 0.15) is 49.5 Å². The fourth-order valence-corrected chi connectivity index (χ4v) is 2.13. The van der Waals surface area contributed by atoms with E-state index in [2.05, 4.69) is 29.2 Å². The second kappa shape index (κ2) is 4.78. The summed E-state index contributed by atoms with van der Waals surface area (Å²) >= 11 is 0. The number of hydrogen-bond donors (Lipinski definition) is 1. The molecule has 4 nitrogen and oxygen atoms in total. The summed E-state index contributed by atoms with van der Waals surface area (Å²) in [7, 11) is 0. The average molecular weight is 257 g/mol. The molecule has 1 saturated carbocycles. The van der Waals surface area contributed by atoms with E-state index < -0.39 is 0 Å². The Kier molecular flexibility index (Phi) is 3.11. The highest BCUT2D eigenvalue weighted by molar-refractivity contribution is 5.16. The maximum absolute atomic E-state index is 6.12. The Hall–Kier alpha value is -1.68. The van der Waals surface area contributed by atoms with Gasteiger partial charge in [-0.05, 0) is 31.2 Å². The second-order valence-electron chi connectivity index (χ2n) is 5.65. The van der Waals surface area contributed by atoms with Gasteiger partial charge in [0, 0.05) is 5.41 Å². The maximum atomic E-state index is 6.12. The van der Waals surface area contributed by atoms with E-state index in [1.807, 2.05) is 18.2 Å². The number of nitrogens with zero attached hydrogens (tertiary/aromatic N) is 2. The Morgan fingerprint density at radius 2 is 2.05 bits per heavy atom. The lowest BCUT2D eigenvalue weighted by atomic mass is 10.1. The molecule has 19 heavy (non-hydrogen) atoms. The minimum absolute atomic E-state index is 0.140. The van der Waals surface area contributed by atoms with Crippen molar-refractivity contribution in [2.45, 2.75) is 44.1 Å². The molecule has 2 N–H and O–H groups in total. The lowest BCUT2D eigenvalue weighted by Gasteiger charge is -2.06. The molecule has 0 bridgehead atoms. The Morgan fingerprint density at radius 3 is 2.74 bits per heavy atom. The van der Waals surface area contributed by atoms with E-state index in [1.54, 1.807) is 0 Å². The zero-order valence-corrected chi connectivity index (χ0v) is 11.2. The standard InChI is InChI=1S/C15H19N3O/c1-15(9-10-15)14-17-13(19-18-14)12(16)8-7-11-5-3-2-4-6-11/h2-6,12H,7-10,16H2,1H3/t12-/m0/s1. The van der Waals surface area contributed by atoms with Crippen LogP contribution < -0.4 is 5.73 Å². The molecule has 1 aromatic heterocycles. The van der Waals surface area contributed by atoms with Gasteiger partial charge in [0.05, 0.1) is 6.04 Å². The fourth-order valence-electron chi connectivity index (χ4n) is 2.13. The molecule has 0 radical (unpaired) electrons. The van der Waals surface area contributed by atoms with Crippen LogP contribution in [0.3, 0.4) is 0 Å². The van der Waals surface area contributed by atoms with Gasteiger partial charge in [0.15, 0.2) is 5.82 Å². The zero-order chi connectivity index (χ0) is 13.3. The predicted molar refractivity (Wildman–Crippen MR) is 72.6 cm³/mol. The molecule has 1 aliphatic rings. The number of rotatable bonds is 5. The third-order valence-corrected chi connectivity index (χ3v) is 3.89. The van der Waals surface area contributed by atoms with Crippen molar-refractivity contribution in [3.05, 3.63) is 47.6 Å². The first-order valence-electron chi connectivity index (χ1n) is 6.81. The lowest BCUT2D eigenvalue weighted by molar-refractivity contribution is 0.343. The summed E-state index contributed by atoms with van der Waals surface area (Å²) in [5.41, 5.74) is 7.55. The predicted octanol–water partition coefficient (Wildman–Crippen LogP) is 2.75. The van der Waals surface area contributed by atoms with Gasteiger partial charge in [-0.3, -0.25) is 0 Å². The SMILES string of the molecule is CC1(c2noc([C@@H](N)CCc3ccccc3)n2)CC1. The van der Waals surface area contributed by atoms with Gasteiger partial charge >= 0.3 is 0 Å². The van der Waals surface area contributed by atoms with Gasteiger partial charge in [-0.1, -0.05) is 42.4 Å². The number of benzene rings is 1. The van der Waals surface area contributed by atoms with Crippen molar-refractivity contribution in [1.29, 1.82) is 0 Å². The van der Waals surface area contributed by atoms with E-state index in [4.69, 9.17) is 10.3 Å². The molecule has 1 heterocycles. The molecular formula is C15H19N3O. The topological polar surface area (TPSA) is 64.9 Å². The normalized spacial score (nSPS) is 18.2. The van der Waals surface area contributed by atoms with Crippen LogP contribution in [-0.4, -0.2) is 10.1 Å². The van der Waals surface area contributed by atoms with Crippen LogP contribution in [0, 0.1) is 0 Å². The molecule has 3 rings (SSSR count). The van der Waals surface area contributed by atoms with Crippen molar-refractivity contribution in [1.82, 2.24) is 10.1 Å². The Bertz CT molecular complexity index is 546. The molecule has 1 aliphatic carbocycles. The second-order valence-corrected chi connectivity index (χ2v) is 5.65. The Labute approximate surface area is 113 Å². The maximum Gasteiger partial charge on any atom is 0.243 e. The summed E-state index contributed by atoms with van der Waals surface area (Å²) < 4.78 is 5.30. The van der Waals surface area contributed by atoms with Crippen LogP contribution in [0.5, 0.6) is 0 Å². The first-order chi connectivity index (χ1) is 9.17. The quantitative estimate of drug-likeness (QED) is 0.894. The van der Waals surface area contributed by atoms with Crippen molar-refractivity contribution in [3.8, 4) is 0 Å². The molecule has 1 atom stereocenters.